The van der Waals surface area contributed by atoms with Gasteiger partial charge in [-0.3, -0.25) is 0 Å². The highest BCUT2D eigenvalue weighted by Crippen LogP contribution is 2.28. The Labute approximate surface area is 102 Å². The molecule has 0 aliphatic rings. The average Bonchev–Trinajstić information content (AvgIpc) is 2.20. The minimum absolute atomic E-state index is 0.415. The van der Waals surface area contributed by atoms with Crippen LogP contribution in [0, 0.1) is 0 Å². The summed E-state index contributed by atoms with van der Waals surface area (Å²) >= 11 is 6.76. The molecule has 0 spiro atoms. The molecule has 1 aromatic carbocycles. The maximum absolute atomic E-state index is 9.82. The van der Waals surface area contributed by atoms with Gasteiger partial charge < -0.3 is 5.11 Å². The monoisotopic (exact) mass is 320 g/mol. The van der Waals surface area contributed by atoms with Crippen LogP contribution in [0.15, 0.2) is 12.1 Å². The van der Waals surface area contributed by atoms with Crippen LogP contribution in [0.25, 0.3) is 0 Å². The third-order valence-electron chi connectivity index (χ3n) is 2.15. The van der Waals surface area contributed by atoms with Gasteiger partial charge in [-0.1, -0.05) is 57.3 Å². The first kappa shape index (κ1) is 12.1. The van der Waals surface area contributed by atoms with E-state index in [4.69, 9.17) is 0 Å². The summed E-state index contributed by atoms with van der Waals surface area (Å²) in [6, 6.07) is 4.14. The van der Waals surface area contributed by atoms with E-state index < -0.39 is 0 Å². The number of phenolic OH excluding ortho intramolecular Hbond substituents is 1. The van der Waals surface area contributed by atoms with E-state index >= 15 is 0 Å². The van der Waals surface area contributed by atoms with Crippen molar-refractivity contribution in [3.05, 3.63) is 28.8 Å². The van der Waals surface area contributed by atoms with Crippen LogP contribution in [0.1, 0.15) is 30.0 Å². The lowest BCUT2D eigenvalue weighted by molar-refractivity contribution is 0.466. The Morgan fingerprint density at radius 2 is 1.64 bits per heavy atom. The predicted molar refractivity (Wildman–Crippen MR) is 67.4 cm³/mol. The van der Waals surface area contributed by atoms with Crippen molar-refractivity contribution in [2.45, 2.75) is 30.4 Å². The highest BCUT2D eigenvalue weighted by Gasteiger charge is 2.07. The van der Waals surface area contributed by atoms with E-state index in [9.17, 15) is 5.11 Å². The van der Waals surface area contributed by atoms with Crippen molar-refractivity contribution >= 4 is 31.9 Å². The minimum Gasteiger partial charge on any atom is -0.507 e. The van der Waals surface area contributed by atoms with Gasteiger partial charge in [0, 0.05) is 21.8 Å². The van der Waals surface area contributed by atoms with Crippen LogP contribution in [0.3, 0.4) is 0 Å². The van der Waals surface area contributed by atoms with Gasteiger partial charge in [0.2, 0.25) is 0 Å². The third kappa shape index (κ3) is 2.74. The standard InChI is InChI=1S/C11H14Br2O/c1-2-3-8-4-9(6-12)11(14)10(5-8)7-13/h4-5,14H,2-3,6-7H2,1H3. The first-order chi connectivity index (χ1) is 6.72. The number of benzene rings is 1. The number of aromatic hydroxyl groups is 1. The lowest BCUT2D eigenvalue weighted by Gasteiger charge is -2.09. The maximum atomic E-state index is 9.82. The highest BCUT2D eigenvalue weighted by atomic mass is 79.9. The summed E-state index contributed by atoms with van der Waals surface area (Å²) in [6.07, 6.45) is 2.20. The van der Waals surface area contributed by atoms with Crippen molar-refractivity contribution in [2.24, 2.45) is 0 Å². The summed E-state index contributed by atoms with van der Waals surface area (Å²) in [5, 5.41) is 11.2. The van der Waals surface area contributed by atoms with Crippen molar-refractivity contribution in [3.8, 4) is 5.75 Å². The molecule has 1 aromatic rings. The fourth-order valence-corrected chi connectivity index (χ4v) is 2.32. The molecule has 0 saturated heterocycles. The van der Waals surface area contributed by atoms with Crippen molar-refractivity contribution in [1.82, 2.24) is 0 Å². The predicted octanol–water partition coefficient (Wildman–Crippen LogP) is 4.13. The van der Waals surface area contributed by atoms with Crippen LogP contribution in [0.5, 0.6) is 5.75 Å². The Morgan fingerprint density at radius 3 is 2.00 bits per heavy atom. The number of alkyl halides is 2. The fraction of sp³-hybridized carbons (Fsp3) is 0.455. The van der Waals surface area contributed by atoms with Gasteiger partial charge in [-0.15, -0.1) is 0 Å². The second kappa shape index (κ2) is 5.76. The normalized spacial score (nSPS) is 10.5. The van der Waals surface area contributed by atoms with Crippen molar-refractivity contribution < 1.29 is 5.11 Å². The average molecular weight is 322 g/mol. The van der Waals surface area contributed by atoms with E-state index in [1.807, 2.05) is 0 Å². The van der Waals surface area contributed by atoms with E-state index in [0.29, 0.717) is 16.4 Å². The van der Waals surface area contributed by atoms with E-state index in [0.717, 1.165) is 24.0 Å². The van der Waals surface area contributed by atoms with Gasteiger partial charge in [-0.2, -0.15) is 0 Å². The van der Waals surface area contributed by atoms with E-state index in [-0.39, 0.29) is 0 Å². The Hall–Kier alpha value is -0.0200. The number of rotatable bonds is 4. The van der Waals surface area contributed by atoms with Crippen LogP contribution >= 0.6 is 31.9 Å². The molecule has 1 nitrogen and oxygen atoms in total. The van der Waals surface area contributed by atoms with Gasteiger partial charge in [0.15, 0.2) is 0 Å². The van der Waals surface area contributed by atoms with Crippen LogP contribution in [-0.2, 0) is 17.1 Å². The molecule has 1 N–H and O–H groups in total. The third-order valence-corrected chi connectivity index (χ3v) is 3.36. The van der Waals surface area contributed by atoms with Crippen molar-refractivity contribution in [2.75, 3.05) is 0 Å². The molecule has 0 bridgehead atoms. The zero-order valence-corrected chi connectivity index (χ0v) is 11.4. The topological polar surface area (TPSA) is 20.2 Å². The molecule has 1 rings (SSSR count). The zero-order valence-electron chi connectivity index (χ0n) is 8.19. The molecule has 0 unspecified atom stereocenters. The van der Waals surface area contributed by atoms with E-state index in [2.05, 4.69) is 50.9 Å². The number of phenols is 1. The number of aryl methyl sites for hydroxylation is 1. The Kier molecular flexibility index (Phi) is 4.96. The number of halogens is 2. The van der Waals surface area contributed by atoms with Crippen molar-refractivity contribution in [3.63, 3.8) is 0 Å². The molecule has 0 aliphatic heterocycles. The van der Waals surface area contributed by atoms with Crippen LogP contribution in [0.4, 0.5) is 0 Å². The molecule has 0 atom stereocenters. The quantitative estimate of drug-likeness (QED) is 0.826. The smallest absolute Gasteiger partial charge is 0.123 e. The zero-order chi connectivity index (χ0) is 10.6. The maximum Gasteiger partial charge on any atom is 0.123 e. The Morgan fingerprint density at radius 1 is 1.14 bits per heavy atom. The molecule has 0 radical (unpaired) electrons. The molecule has 0 fully saturated rings. The molecule has 0 aromatic heterocycles. The molecule has 0 aliphatic carbocycles. The van der Waals surface area contributed by atoms with Crippen LogP contribution in [0.2, 0.25) is 0 Å². The molecule has 0 heterocycles. The van der Waals surface area contributed by atoms with Gasteiger partial charge in [0.1, 0.15) is 5.75 Å². The van der Waals surface area contributed by atoms with Crippen LogP contribution < -0.4 is 0 Å². The summed E-state index contributed by atoms with van der Waals surface area (Å²) in [4.78, 5) is 0. The number of hydrogen-bond donors (Lipinski definition) is 1. The molecular formula is C11H14Br2O. The van der Waals surface area contributed by atoms with Gasteiger partial charge in [-0.05, 0) is 12.0 Å². The largest absolute Gasteiger partial charge is 0.507 e. The summed E-state index contributed by atoms with van der Waals surface area (Å²) in [5.41, 5.74) is 3.25. The Balaban J connectivity index is 3.11. The summed E-state index contributed by atoms with van der Waals surface area (Å²) in [7, 11) is 0. The molecular weight excluding hydrogens is 308 g/mol. The van der Waals surface area contributed by atoms with Crippen LogP contribution in [-0.4, -0.2) is 5.11 Å². The van der Waals surface area contributed by atoms with E-state index in [1.165, 1.54) is 5.56 Å². The molecule has 0 saturated carbocycles. The molecule has 3 heteroatoms. The minimum atomic E-state index is 0.415. The lowest BCUT2D eigenvalue weighted by atomic mass is 10.0. The van der Waals surface area contributed by atoms with Crippen molar-refractivity contribution in [1.29, 1.82) is 0 Å². The SMILES string of the molecule is CCCc1cc(CBr)c(O)c(CBr)c1. The van der Waals surface area contributed by atoms with Gasteiger partial charge >= 0.3 is 0 Å². The molecule has 0 amide bonds. The summed E-state index contributed by atoms with van der Waals surface area (Å²) < 4.78 is 0. The van der Waals surface area contributed by atoms with Gasteiger partial charge in [-0.25, -0.2) is 0 Å². The van der Waals surface area contributed by atoms with Gasteiger partial charge in [0.25, 0.3) is 0 Å². The molecule has 78 valence electrons. The first-order valence-electron chi connectivity index (χ1n) is 4.68. The Bertz CT molecular complexity index is 285. The summed E-state index contributed by atoms with van der Waals surface area (Å²) in [6.45, 7) is 2.16. The second-order valence-electron chi connectivity index (χ2n) is 3.28. The fourth-order valence-electron chi connectivity index (χ4n) is 1.47. The highest BCUT2D eigenvalue weighted by molar-refractivity contribution is 9.08. The molecule has 14 heavy (non-hydrogen) atoms. The second-order valence-corrected chi connectivity index (χ2v) is 4.40. The lowest BCUT2D eigenvalue weighted by Crippen LogP contribution is -1.92. The summed E-state index contributed by atoms with van der Waals surface area (Å²) in [5.74, 6) is 0.415. The number of hydrogen-bond acceptors (Lipinski definition) is 1. The van der Waals surface area contributed by atoms with Gasteiger partial charge in [0.05, 0.1) is 0 Å². The first-order valence-corrected chi connectivity index (χ1v) is 6.92. The van der Waals surface area contributed by atoms with E-state index in [1.54, 1.807) is 0 Å².